The molecule has 1 saturated heterocycles. The first kappa shape index (κ1) is 11.5. The van der Waals surface area contributed by atoms with E-state index in [1.807, 2.05) is 18.7 Å². The van der Waals surface area contributed by atoms with Crippen molar-refractivity contribution < 1.29 is 9.53 Å². The molecule has 0 bridgehead atoms. The Morgan fingerprint density at radius 2 is 2.14 bits per heavy atom. The van der Waals surface area contributed by atoms with Crippen LogP contribution in [0.2, 0.25) is 0 Å². The topological polar surface area (TPSA) is 55.6 Å². The van der Waals surface area contributed by atoms with Crippen LogP contribution in [0.15, 0.2) is 0 Å². The molecule has 0 aromatic heterocycles. The molecule has 1 amide bonds. The van der Waals surface area contributed by atoms with Gasteiger partial charge < -0.3 is 15.4 Å². The molecule has 0 saturated carbocycles. The average molecular weight is 200 g/mol. The fourth-order valence-corrected chi connectivity index (χ4v) is 1.47. The Morgan fingerprint density at radius 3 is 2.57 bits per heavy atom. The van der Waals surface area contributed by atoms with Gasteiger partial charge in [0.05, 0.1) is 12.0 Å². The first-order valence-electron chi connectivity index (χ1n) is 5.01. The van der Waals surface area contributed by atoms with Crippen molar-refractivity contribution in [2.75, 3.05) is 26.7 Å². The smallest absolute Gasteiger partial charge is 0.225 e. The number of rotatable bonds is 4. The normalized spacial score (nSPS) is 18.1. The summed E-state index contributed by atoms with van der Waals surface area (Å²) in [5, 5.41) is 0. The van der Waals surface area contributed by atoms with E-state index < -0.39 is 0 Å². The van der Waals surface area contributed by atoms with E-state index in [1.165, 1.54) is 0 Å². The molecule has 2 N–H and O–H groups in total. The van der Waals surface area contributed by atoms with Crippen LogP contribution in [0.3, 0.4) is 0 Å². The largest absolute Gasteiger partial charge is 0.378 e. The first-order chi connectivity index (χ1) is 6.48. The van der Waals surface area contributed by atoms with Crippen molar-refractivity contribution >= 4 is 5.91 Å². The number of hydrogen-bond donors (Lipinski definition) is 1. The summed E-state index contributed by atoms with van der Waals surface area (Å²) >= 11 is 0. The third-order valence-corrected chi connectivity index (χ3v) is 2.77. The summed E-state index contributed by atoms with van der Waals surface area (Å²) in [6, 6.07) is 0. The Hall–Kier alpha value is -0.610. The molecule has 14 heavy (non-hydrogen) atoms. The van der Waals surface area contributed by atoms with Crippen LogP contribution in [0.4, 0.5) is 0 Å². The van der Waals surface area contributed by atoms with Gasteiger partial charge in [-0.2, -0.15) is 0 Å². The van der Waals surface area contributed by atoms with Gasteiger partial charge in [0.1, 0.15) is 0 Å². The Morgan fingerprint density at radius 1 is 1.57 bits per heavy atom. The van der Waals surface area contributed by atoms with Gasteiger partial charge in [-0.3, -0.25) is 4.79 Å². The Labute approximate surface area is 85.4 Å². The van der Waals surface area contributed by atoms with Crippen molar-refractivity contribution in [2.45, 2.75) is 25.9 Å². The molecule has 1 aliphatic rings. The van der Waals surface area contributed by atoms with E-state index in [2.05, 4.69) is 0 Å². The van der Waals surface area contributed by atoms with Crippen LogP contribution in [-0.2, 0) is 9.53 Å². The van der Waals surface area contributed by atoms with E-state index in [9.17, 15) is 4.79 Å². The molecule has 0 aromatic rings. The average Bonchev–Trinajstić information content (AvgIpc) is 2.01. The van der Waals surface area contributed by atoms with Crippen LogP contribution in [-0.4, -0.2) is 43.2 Å². The van der Waals surface area contributed by atoms with Gasteiger partial charge in [0.25, 0.3) is 0 Å². The van der Waals surface area contributed by atoms with E-state index in [4.69, 9.17) is 10.5 Å². The molecule has 1 fully saturated rings. The van der Waals surface area contributed by atoms with Gasteiger partial charge in [0.15, 0.2) is 0 Å². The monoisotopic (exact) mass is 200 g/mol. The lowest BCUT2D eigenvalue weighted by Crippen LogP contribution is -2.53. The van der Waals surface area contributed by atoms with Crippen molar-refractivity contribution in [3.63, 3.8) is 0 Å². The highest BCUT2D eigenvalue weighted by molar-refractivity contribution is 5.78. The van der Waals surface area contributed by atoms with Crippen LogP contribution in [0, 0.1) is 5.92 Å². The lowest BCUT2D eigenvalue weighted by molar-refractivity contribution is -0.142. The molecule has 1 aliphatic heterocycles. The molecule has 0 aliphatic carbocycles. The molecule has 0 unspecified atom stereocenters. The van der Waals surface area contributed by atoms with E-state index in [0.29, 0.717) is 18.9 Å². The summed E-state index contributed by atoms with van der Waals surface area (Å²) in [4.78, 5) is 13.5. The van der Waals surface area contributed by atoms with Crippen LogP contribution >= 0.6 is 0 Å². The highest BCUT2D eigenvalue weighted by Gasteiger charge is 2.32. The minimum atomic E-state index is -0.356. The molecule has 0 atom stereocenters. The van der Waals surface area contributed by atoms with E-state index >= 15 is 0 Å². The van der Waals surface area contributed by atoms with Gasteiger partial charge in [-0.25, -0.2) is 0 Å². The zero-order chi connectivity index (χ0) is 10.8. The predicted molar refractivity (Wildman–Crippen MR) is 54.8 cm³/mol. The van der Waals surface area contributed by atoms with Crippen molar-refractivity contribution in [2.24, 2.45) is 11.7 Å². The summed E-state index contributed by atoms with van der Waals surface area (Å²) < 4.78 is 5.21. The van der Waals surface area contributed by atoms with Crippen LogP contribution in [0.25, 0.3) is 0 Å². The zero-order valence-corrected chi connectivity index (χ0v) is 9.25. The first-order valence-corrected chi connectivity index (χ1v) is 5.01. The quantitative estimate of drug-likeness (QED) is 0.706. The summed E-state index contributed by atoms with van der Waals surface area (Å²) in [6.07, 6.45) is 0.445. The molecule has 1 rings (SSSR count). The van der Waals surface area contributed by atoms with Crippen molar-refractivity contribution in [3.8, 4) is 0 Å². The summed E-state index contributed by atoms with van der Waals surface area (Å²) in [5.41, 5.74) is 5.13. The number of ether oxygens (including phenoxy) is 1. The molecule has 82 valence electrons. The predicted octanol–water partition coefficient (Wildman–Crippen LogP) is 0.219. The number of nitrogens with two attached hydrogens (primary N) is 1. The second-order valence-electron chi connectivity index (χ2n) is 4.54. The third-order valence-electron chi connectivity index (χ3n) is 2.77. The number of nitrogens with zero attached hydrogens (tertiary/aromatic N) is 1. The second-order valence-corrected chi connectivity index (χ2v) is 4.54. The molecule has 0 spiro atoms. The van der Waals surface area contributed by atoms with E-state index in [1.54, 1.807) is 7.11 Å². The lowest BCUT2D eigenvalue weighted by atomic mass is 9.97. The maximum Gasteiger partial charge on any atom is 0.225 e. The third kappa shape index (κ3) is 2.69. The van der Waals surface area contributed by atoms with Crippen molar-refractivity contribution in [1.29, 1.82) is 0 Å². The molecule has 0 aromatic carbocycles. The van der Waals surface area contributed by atoms with Crippen molar-refractivity contribution in [3.05, 3.63) is 0 Å². The summed E-state index contributed by atoms with van der Waals surface area (Å²) in [7, 11) is 1.63. The standard InChI is InChI=1S/C10H20N2O2/c1-10(2,14-3)4-9(13)12-6-8(5-11)7-12/h8H,4-7,11H2,1-3H3. The number of likely N-dealkylation sites (tertiary alicyclic amines) is 1. The summed E-state index contributed by atoms with van der Waals surface area (Å²) in [5.74, 6) is 0.672. The van der Waals surface area contributed by atoms with Gasteiger partial charge in [-0.15, -0.1) is 0 Å². The maximum atomic E-state index is 11.7. The van der Waals surface area contributed by atoms with Gasteiger partial charge in [-0.05, 0) is 20.4 Å². The van der Waals surface area contributed by atoms with Gasteiger partial charge in [0, 0.05) is 26.1 Å². The minimum Gasteiger partial charge on any atom is -0.378 e. The number of carbonyl (C=O) groups is 1. The molecular formula is C10H20N2O2. The summed E-state index contributed by atoms with van der Waals surface area (Å²) in [6.45, 7) is 6.15. The Balaban J connectivity index is 2.31. The molecule has 4 nitrogen and oxygen atoms in total. The maximum absolute atomic E-state index is 11.7. The van der Waals surface area contributed by atoms with Crippen LogP contribution in [0.1, 0.15) is 20.3 Å². The van der Waals surface area contributed by atoms with Crippen molar-refractivity contribution in [1.82, 2.24) is 4.90 Å². The molecular weight excluding hydrogens is 180 g/mol. The minimum absolute atomic E-state index is 0.168. The highest BCUT2D eigenvalue weighted by atomic mass is 16.5. The fourth-order valence-electron chi connectivity index (χ4n) is 1.47. The van der Waals surface area contributed by atoms with E-state index in [0.717, 1.165) is 13.1 Å². The van der Waals surface area contributed by atoms with Gasteiger partial charge in [-0.1, -0.05) is 0 Å². The van der Waals surface area contributed by atoms with Crippen LogP contribution in [0.5, 0.6) is 0 Å². The fraction of sp³-hybridized carbons (Fsp3) is 0.900. The molecule has 1 heterocycles. The lowest BCUT2D eigenvalue weighted by Gasteiger charge is -2.40. The zero-order valence-electron chi connectivity index (χ0n) is 9.25. The number of hydrogen-bond acceptors (Lipinski definition) is 3. The SMILES string of the molecule is COC(C)(C)CC(=O)N1CC(CN)C1. The Kier molecular flexibility index (Phi) is 3.50. The molecule has 4 heteroatoms. The highest BCUT2D eigenvalue weighted by Crippen LogP contribution is 2.20. The van der Waals surface area contributed by atoms with E-state index in [-0.39, 0.29) is 11.5 Å². The number of carbonyl (C=O) groups excluding carboxylic acids is 1. The van der Waals surface area contributed by atoms with Gasteiger partial charge >= 0.3 is 0 Å². The second kappa shape index (κ2) is 4.28. The Bertz CT molecular complexity index is 210. The van der Waals surface area contributed by atoms with Crippen LogP contribution < -0.4 is 5.73 Å². The molecule has 0 radical (unpaired) electrons. The number of methoxy groups -OCH3 is 1. The van der Waals surface area contributed by atoms with Gasteiger partial charge in [0.2, 0.25) is 5.91 Å². The number of amides is 1.